The van der Waals surface area contributed by atoms with Gasteiger partial charge < -0.3 is 15.1 Å². The number of rotatable bonds is 9. The van der Waals surface area contributed by atoms with Gasteiger partial charge in [0.1, 0.15) is 5.82 Å². The Hall–Kier alpha value is -3.87. The molecule has 2 atom stereocenters. The van der Waals surface area contributed by atoms with Crippen LogP contribution in [-0.2, 0) is 5.60 Å². The first-order valence-corrected chi connectivity index (χ1v) is 11.6. The van der Waals surface area contributed by atoms with Crippen molar-refractivity contribution < 1.29 is 27.8 Å². The number of hydrogen-bond acceptors (Lipinski definition) is 4. The Morgan fingerprint density at radius 1 is 1.11 bits per heavy atom. The third-order valence-corrected chi connectivity index (χ3v) is 5.48. The molecule has 0 aliphatic heterocycles. The van der Waals surface area contributed by atoms with E-state index in [9.17, 15) is 22.7 Å². The molecule has 0 radical (unpaired) electrons. The quantitative estimate of drug-likeness (QED) is 0.202. The molecular formula is C29H33F4N3O2. The summed E-state index contributed by atoms with van der Waals surface area (Å²) in [5.41, 5.74) is -2.33. The van der Waals surface area contributed by atoms with Gasteiger partial charge in [0, 0.05) is 19.0 Å². The van der Waals surface area contributed by atoms with Crippen molar-refractivity contribution >= 4 is 10.9 Å². The smallest absolute Gasteiger partial charge is 0.400 e. The average molecular weight is 532 g/mol. The van der Waals surface area contributed by atoms with Crippen LogP contribution in [0.15, 0.2) is 85.7 Å². The fourth-order valence-electron chi connectivity index (χ4n) is 3.69. The Bertz CT molecular complexity index is 1230. The van der Waals surface area contributed by atoms with Crippen LogP contribution in [0.25, 0.3) is 16.6 Å². The van der Waals surface area contributed by atoms with E-state index < -0.39 is 24.1 Å². The highest BCUT2D eigenvalue weighted by Gasteiger charge is 2.55. The number of terminal acetylenes is 1. The summed E-state index contributed by atoms with van der Waals surface area (Å²) in [5.74, 6) is -0.388. The first-order chi connectivity index (χ1) is 18.1. The van der Waals surface area contributed by atoms with Gasteiger partial charge in [0.05, 0.1) is 23.9 Å². The number of aliphatic hydroxyl groups is 2. The van der Waals surface area contributed by atoms with E-state index in [-0.39, 0.29) is 18.0 Å². The van der Waals surface area contributed by atoms with Gasteiger partial charge in [0.15, 0.2) is 0 Å². The number of nitrogens with zero attached hydrogens (tertiary/aromatic N) is 3. The van der Waals surface area contributed by atoms with Crippen molar-refractivity contribution in [2.45, 2.75) is 25.6 Å². The van der Waals surface area contributed by atoms with E-state index in [2.05, 4.69) is 24.5 Å². The Balaban J connectivity index is 0.00000172. The third-order valence-electron chi connectivity index (χ3n) is 5.48. The van der Waals surface area contributed by atoms with Crippen LogP contribution in [-0.4, -0.2) is 51.3 Å². The number of alkyl halides is 3. The molecule has 5 nitrogen and oxygen atoms in total. The average Bonchev–Trinajstić information content (AvgIpc) is 3.33. The zero-order valence-corrected chi connectivity index (χ0v) is 21.6. The monoisotopic (exact) mass is 531 g/mol. The van der Waals surface area contributed by atoms with Crippen LogP contribution >= 0.6 is 0 Å². The first-order valence-electron chi connectivity index (χ1n) is 11.6. The van der Waals surface area contributed by atoms with Crippen LogP contribution in [0.3, 0.4) is 0 Å². The lowest BCUT2D eigenvalue weighted by molar-refractivity contribution is -0.269. The number of aromatic nitrogens is 2. The molecule has 2 unspecified atom stereocenters. The van der Waals surface area contributed by atoms with Crippen LogP contribution in [0.1, 0.15) is 19.4 Å². The normalized spacial score (nSPS) is 13.8. The number of halogens is 4. The molecule has 2 N–H and O–H groups in total. The minimum Gasteiger partial charge on any atom is -0.400 e. The fourth-order valence-corrected chi connectivity index (χ4v) is 3.69. The molecular weight excluding hydrogens is 498 g/mol. The molecule has 0 saturated heterocycles. The van der Waals surface area contributed by atoms with Gasteiger partial charge in [-0.2, -0.15) is 18.3 Å². The highest BCUT2D eigenvalue weighted by Crippen LogP contribution is 2.41. The van der Waals surface area contributed by atoms with Gasteiger partial charge in [0.25, 0.3) is 0 Å². The molecule has 38 heavy (non-hydrogen) atoms. The van der Waals surface area contributed by atoms with E-state index in [0.29, 0.717) is 16.6 Å². The van der Waals surface area contributed by atoms with Gasteiger partial charge in [-0.1, -0.05) is 37.3 Å². The highest BCUT2D eigenvalue weighted by atomic mass is 19.4. The number of aliphatic hydroxyl groups excluding tert-OH is 1. The maximum absolute atomic E-state index is 14.2. The number of fused-ring (bicyclic) bond motifs is 1. The Morgan fingerprint density at radius 2 is 1.74 bits per heavy atom. The van der Waals surface area contributed by atoms with E-state index in [0.717, 1.165) is 7.11 Å². The second-order valence-electron chi connectivity index (χ2n) is 8.11. The van der Waals surface area contributed by atoms with Gasteiger partial charge in [-0.25, -0.2) is 9.07 Å². The summed E-state index contributed by atoms with van der Waals surface area (Å²) in [6.07, 6.45) is 13.0. The summed E-state index contributed by atoms with van der Waals surface area (Å²) in [7, 11) is 1.00. The predicted molar refractivity (Wildman–Crippen MR) is 144 cm³/mol. The molecule has 0 aliphatic carbocycles. The molecule has 1 heterocycles. The molecule has 204 valence electrons. The lowest BCUT2D eigenvalue weighted by Gasteiger charge is -2.35. The van der Waals surface area contributed by atoms with Gasteiger partial charge in [-0.05, 0) is 61.0 Å². The summed E-state index contributed by atoms with van der Waals surface area (Å²) in [6.45, 7) is 6.81. The zero-order valence-electron chi connectivity index (χ0n) is 21.6. The molecule has 0 spiro atoms. The third kappa shape index (κ3) is 7.81. The maximum atomic E-state index is 14.2. The fraction of sp³-hybridized carbons (Fsp3) is 0.276. The van der Waals surface area contributed by atoms with Crippen molar-refractivity contribution in [2.75, 3.05) is 20.2 Å². The lowest BCUT2D eigenvalue weighted by atomic mass is 9.91. The van der Waals surface area contributed by atoms with Crippen LogP contribution in [0.5, 0.6) is 0 Å². The molecule has 3 aromatic rings. The van der Waals surface area contributed by atoms with Crippen LogP contribution < -0.4 is 0 Å². The van der Waals surface area contributed by atoms with Crippen molar-refractivity contribution in [1.82, 2.24) is 14.7 Å². The molecule has 9 heteroatoms. The van der Waals surface area contributed by atoms with Gasteiger partial charge in [-0.15, -0.1) is 19.4 Å². The van der Waals surface area contributed by atoms with Crippen LogP contribution in [0.4, 0.5) is 17.6 Å². The van der Waals surface area contributed by atoms with E-state index >= 15 is 0 Å². The predicted octanol–water partition coefficient (Wildman–Crippen LogP) is 5.99. The van der Waals surface area contributed by atoms with Gasteiger partial charge in [0.2, 0.25) is 5.60 Å². The molecule has 2 aromatic carbocycles. The van der Waals surface area contributed by atoms with E-state index in [1.165, 1.54) is 64.3 Å². The zero-order chi connectivity index (χ0) is 28.9. The second-order valence-corrected chi connectivity index (χ2v) is 8.11. The van der Waals surface area contributed by atoms with Crippen molar-refractivity contribution in [3.05, 3.63) is 97.1 Å². The molecule has 0 amide bonds. The standard InChI is InChI=1S/C26H27F4N3O.C2H2.CH4O/c1-4-6-19(3)13-15-32(14-5-2)18-25(34,26(28,29)30)21-7-12-24-20(16-21)17-31-33(24)23-10-8-22(27)9-11-23;2*1-2/h4-13,15-17,19,34H,2,14,18H2,1,3H3;1-2H;2H,1H3/b6-4-,15-13-;;. The second kappa shape index (κ2) is 14.8. The van der Waals surface area contributed by atoms with E-state index in [4.69, 9.17) is 5.11 Å². The minimum absolute atomic E-state index is 0.0185. The number of hydrogen-bond donors (Lipinski definition) is 2. The molecule has 1 aromatic heterocycles. The van der Waals surface area contributed by atoms with Crippen molar-refractivity contribution in [2.24, 2.45) is 5.92 Å². The largest absolute Gasteiger partial charge is 0.423 e. The Morgan fingerprint density at radius 3 is 2.29 bits per heavy atom. The molecule has 0 bridgehead atoms. The summed E-state index contributed by atoms with van der Waals surface area (Å²) in [6, 6.07) is 9.60. The summed E-state index contributed by atoms with van der Waals surface area (Å²) >= 11 is 0. The number of allylic oxidation sites excluding steroid dienone is 3. The molecule has 0 saturated carbocycles. The number of benzene rings is 2. The van der Waals surface area contributed by atoms with E-state index in [1.54, 1.807) is 12.3 Å². The summed E-state index contributed by atoms with van der Waals surface area (Å²) < 4.78 is 57.4. The maximum Gasteiger partial charge on any atom is 0.423 e. The van der Waals surface area contributed by atoms with Gasteiger partial charge in [-0.3, -0.25) is 0 Å². The van der Waals surface area contributed by atoms with Crippen molar-refractivity contribution in [1.29, 1.82) is 0 Å². The topological polar surface area (TPSA) is 61.5 Å². The molecule has 0 fully saturated rings. The summed E-state index contributed by atoms with van der Waals surface area (Å²) in [4.78, 5) is 1.38. The summed E-state index contributed by atoms with van der Waals surface area (Å²) in [5, 5.41) is 22.6. The SMILES string of the molecule is C#C.C=CCN(/C=C\C(C)/C=C\C)CC(O)(c1ccc2c(cnn2-c2ccc(F)cc2)c1)C(F)(F)F.CO. The minimum atomic E-state index is -4.93. The molecule has 3 rings (SSSR count). The first kappa shape index (κ1) is 32.2. The van der Waals surface area contributed by atoms with E-state index in [1.807, 2.05) is 26.0 Å². The van der Waals surface area contributed by atoms with Crippen LogP contribution in [0, 0.1) is 24.6 Å². The highest BCUT2D eigenvalue weighted by molar-refractivity contribution is 5.81. The van der Waals surface area contributed by atoms with Crippen LogP contribution in [0.2, 0.25) is 0 Å². The van der Waals surface area contributed by atoms with Crippen molar-refractivity contribution in [3.8, 4) is 18.5 Å². The van der Waals surface area contributed by atoms with Crippen molar-refractivity contribution in [3.63, 3.8) is 0 Å². The Kier molecular flexibility index (Phi) is 12.5. The molecule has 0 aliphatic rings. The van der Waals surface area contributed by atoms with Gasteiger partial charge >= 0.3 is 6.18 Å². The lowest BCUT2D eigenvalue weighted by Crippen LogP contribution is -2.50. The Labute approximate surface area is 221 Å².